The van der Waals surface area contributed by atoms with Crippen LogP contribution in [0.5, 0.6) is 23.0 Å². The number of carbonyl (C=O) groups is 7. The summed E-state index contributed by atoms with van der Waals surface area (Å²) >= 11 is 0. The van der Waals surface area contributed by atoms with E-state index in [4.69, 9.17) is 28.8 Å². The number of rotatable bonds is 24. The van der Waals surface area contributed by atoms with Gasteiger partial charge in [-0.25, -0.2) is 9.59 Å². The molecule has 0 heterocycles. The largest absolute Gasteiger partial charge is 0.516 e. The molecule has 4 aromatic carbocycles. The Balaban J connectivity index is 1.17. The lowest BCUT2D eigenvalue weighted by Gasteiger charge is -2.19. The van der Waals surface area contributed by atoms with Crippen LogP contribution in [0, 0.1) is 0 Å². The maximum atomic E-state index is 13.3. The number of hydrogen-bond acceptors (Lipinski definition) is 14. The van der Waals surface area contributed by atoms with Gasteiger partial charge >= 0.3 is 18.3 Å². The van der Waals surface area contributed by atoms with Crippen LogP contribution >= 0.6 is 0 Å². The van der Waals surface area contributed by atoms with E-state index < -0.39 is 54.9 Å². The third-order valence-electron chi connectivity index (χ3n) is 9.58. The monoisotopic (exact) mass is 907 g/mol. The number of aliphatic hydroxyl groups is 1. The van der Waals surface area contributed by atoms with E-state index in [1.54, 1.807) is 60.7 Å². The predicted octanol–water partition coefficient (Wildman–Crippen LogP) is 5.53. The van der Waals surface area contributed by atoms with Gasteiger partial charge in [-0.15, -0.1) is 0 Å². The second kappa shape index (κ2) is 26.1. The Morgan fingerprint density at radius 1 is 0.576 bits per heavy atom. The average molecular weight is 908 g/mol. The summed E-state index contributed by atoms with van der Waals surface area (Å²) in [6, 6.07) is 23.9. The van der Waals surface area contributed by atoms with Crippen LogP contribution in [0.3, 0.4) is 0 Å². The molecule has 17 heteroatoms. The minimum absolute atomic E-state index is 0.0790. The first-order valence-electron chi connectivity index (χ1n) is 20.9. The Kier molecular flexibility index (Phi) is 20.1. The van der Waals surface area contributed by atoms with E-state index in [9.17, 15) is 38.7 Å². The SMILES string of the molecule is C=C(C)C(=O)N[C@@H](Cc1ccc(OC(=O)OCOC(=O)Oc2ccc(CCNC(=O)[C@H](Cc3ccc(O)cc3)NC(=O)C(=C)C)cc2)cc1)C(=O)CCCc1ccc(OC(=O)CCO)cc1. The molecule has 0 aliphatic heterocycles. The Bertz CT molecular complexity index is 2330. The summed E-state index contributed by atoms with van der Waals surface area (Å²) in [4.78, 5) is 87.2. The lowest BCUT2D eigenvalue weighted by molar-refractivity contribution is -0.135. The summed E-state index contributed by atoms with van der Waals surface area (Å²) in [5.74, 6) is -1.41. The molecule has 0 unspecified atom stereocenters. The first-order chi connectivity index (χ1) is 31.6. The molecule has 0 spiro atoms. The van der Waals surface area contributed by atoms with Gasteiger partial charge in [-0.05, 0) is 110 Å². The number of aryl methyl sites for hydroxylation is 1. The molecular weight excluding hydrogens is 855 g/mol. The highest BCUT2D eigenvalue weighted by molar-refractivity contribution is 5.97. The number of aromatic hydroxyl groups is 1. The van der Waals surface area contributed by atoms with Gasteiger partial charge in [-0.1, -0.05) is 61.7 Å². The van der Waals surface area contributed by atoms with Crippen molar-refractivity contribution < 1.29 is 67.5 Å². The molecule has 66 heavy (non-hydrogen) atoms. The molecule has 0 saturated carbocycles. The molecule has 2 atom stereocenters. The van der Waals surface area contributed by atoms with Gasteiger partial charge in [0.2, 0.25) is 24.5 Å². The zero-order chi connectivity index (χ0) is 48.0. The molecule has 0 aliphatic rings. The molecule has 4 rings (SSSR count). The molecule has 4 aromatic rings. The number of benzene rings is 4. The van der Waals surface area contributed by atoms with Gasteiger partial charge in [0.05, 0.1) is 19.1 Å². The predicted molar refractivity (Wildman–Crippen MR) is 239 cm³/mol. The molecule has 0 aromatic heterocycles. The van der Waals surface area contributed by atoms with Gasteiger partial charge in [0.15, 0.2) is 5.78 Å². The normalized spacial score (nSPS) is 11.4. The molecule has 0 saturated heterocycles. The minimum Gasteiger partial charge on any atom is -0.508 e. The molecule has 0 bridgehead atoms. The van der Waals surface area contributed by atoms with Crippen LogP contribution in [0.25, 0.3) is 0 Å². The van der Waals surface area contributed by atoms with Crippen LogP contribution in [0.4, 0.5) is 9.59 Å². The van der Waals surface area contributed by atoms with Crippen molar-refractivity contribution in [3.05, 3.63) is 144 Å². The number of ketones is 1. The second-order valence-electron chi connectivity index (χ2n) is 15.0. The summed E-state index contributed by atoms with van der Waals surface area (Å²) < 4.78 is 25.1. The first kappa shape index (κ1) is 50.9. The van der Waals surface area contributed by atoms with Gasteiger partial charge in [0, 0.05) is 30.5 Å². The number of phenolic OH excluding ortho intramolecular Hbond substituents is 1. The van der Waals surface area contributed by atoms with Crippen LogP contribution in [0.1, 0.15) is 55.4 Å². The third-order valence-corrected chi connectivity index (χ3v) is 9.58. The minimum atomic E-state index is -1.17. The summed E-state index contributed by atoms with van der Waals surface area (Å²) in [7, 11) is 0. The fourth-order valence-electron chi connectivity index (χ4n) is 6.01. The fourth-order valence-corrected chi connectivity index (χ4v) is 6.01. The van der Waals surface area contributed by atoms with E-state index in [0.29, 0.717) is 30.6 Å². The van der Waals surface area contributed by atoms with Crippen molar-refractivity contribution in [2.24, 2.45) is 0 Å². The summed E-state index contributed by atoms with van der Waals surface area (Å²) in [5, 5.41) is 26.7. The zero-order valence-corrected chi connectivity index (χ0v) is 36.7. The maximum Gasteiger partial charge on any atom is 0.516 e. The van der Waals surface area contributed by atoms with Gasteiger partial charge < -0.3 is 49.8 Å². The average Bonchev–Trinajstić information content (AvgIpc) is 3.28. The Morgan fingerprint density at radius 3 is 1.52 bits per heavy atom. The quantitative estimate of drug-likeness (QED) is 0.0191. The number of amides is 3. The van der Waals surface area contributed by atoms with E-state index in [1.165, 1.54) is 50.2 Å². The number of phenols is 1. The molecule has 3 amide bonds. The highest BCUT2D eigenvalue weighted by Gasteiger charge is 2.23. The standard InChI is InChI=1S/C49H53N3O14/c1-31(2)45(57)51-41(43(55)7-5-6-33-10-18-38(19-11-33)64-44(56)25-27-53)28-36-14-22-40(23-15-36)66-49(61)63-30-62-48(60)65-39-20-12-34(13-21-39)24-26-50-47(59)42(52-46(58)32(3)4)29-35-8-16-37(54)17-9-35/h8-23,41-42,53-54H,1,3,5-7,24-30H2,2,4H3,(H,50,59)(H,51,57)(H,52,58)/t41-,42-/m0/s1. The summed E-state index contributed by atoms with van der Waals surface area (Å²) in [6.45, 7) is 9.46. The fraction of sp³-hybridized carbons (Fsp3) is 0.286. The molecule has 0 fully saturated rings. The number of esters is 1. The number of hydrogen-bond donors (Lipinski definition) is 5. The van der Waals surface area contributed by atoms with Gasteiger partial charge in [-0.2, -0.15) is 0 Å². The molecule has 0 radical (unpaired) electrons. The zero-order valence-electron chi connectivity index (χ0n) is 36.7. The maximum absolute atomic E-state index is 13.3. The number of ether oxygens (including phenoxy) is 5. The van der Waals surface area contributed by atoms with Crippen LogP contribution < -0.4 is 30.2 Å². The number of aliphatic hydroxyl groups excluding tert-OH is 1. The Morgan fingerprint density at radius 2 is 1.02 bits per heavy atom. The van der Waals surface area contributed by atoms with Crippen molar-refractivity contribution >= 4 is 41.8 Å². The lowest BCUT2D eigenvalue weighted by Crippen LogP contribution is -2.48. The van der Waals surface area contributed by atoms with Crippen molar-refractivity contribution in [2.45, 2.75) is 70.9 Å². The van der Waals surface area contributed by atoms with Crippen molar-refractivity contribution in [1.82, 2.24) is 16.0 Å². The van der Waals surface area contributed by atoms with Crippen LogP contribution in [0.2, 0.25) is 0 Å². The van der Waals surface area contributed by atoms with E-state index in [2.05, 4.69) is 29.1 Å². The van der Waals surface area contributed by atoms with Gasteiger partial charge in [0.1, 0.15) is 29.0 Å². The van der Waals surface area contributed by atoms with Gasteiger partial charge in [0.25, 0.3) is 0 Å². The van der Waals surface area contributed by atoms with Crippen molar-refractivity contribution in [2.75, 3.05) is 19.9 Å². The molecule has 348 valence electrons. The van der Waals surface area contributed by atoms with Gasteiger partial charge in [-0.3, -0.25) is 24.0 Å². The molecule has 17 nitrogen and oxygen atoms in total. The summed E-state index contributed by atoms with van der Waals surface area (Å²) in [6.07, 6.45) is -0.461. The van der Waals surface area contributed by atoms with E-state index in [0.717, 1.165) is 16.7 Å². The topological polar surface area (TPSA) is 242 Å². The van der Waals surface area contributed by atoms with Crippen molar-refractivity contribution in [3.8, 4) is 23.0 Å². The van der Waals surface area contributed by atoms with E-state index >= 15 is 0 Å². The number of Topliss-reactive ketones (excluding diaryl/α,β-unsaturated/α-hetero) is 1. The third kappa shape index (κ3) is 18.1. The molecule has 5 N–H and O–H groups in total. The first-order valence-corrected chi connectivity index (χ1v) is 20.9. The highest BCUT2D eigenvalue weighted by atomic mass is 16.8. The Labute approximate surface area is 381 Å². The Hall–Kier alpha value is -7.79. The smallest absolute Gasteiger partial charge is 0.508 e. The molecule has 0 aliphatic carbocycles. The van der Waals surface area contributed by atoms with Crippen molar-refractivity contribution in [1.29, 1.82) is 0 Å². The lowest BCUT2D eigenvalue weighted by atomic mass is 9.97. The summed E-state index contributed by atoms with van der Waals surface area (Å²) in [5.41, 5.74) is 3.60. The van der Waals surface area contributed by atoms with Crippen LogP contribution in [-0.2, 0) is 59.1 Å². The van der Waals surface area contributed by atoms with E-state index in [1.807, 2.05) is 0 Å². The number of nitrogens with one attached hydrogen (secondary N) is 3. The van der Waals surface area contributed by atoms with E-state index in [-0.39, 0.29) is 73.0 Å². The van der Waals surface area contributed by atoms with Crippen LogP contribution in [0.15, 0.2) is 121 Å². The highest BCUT2D eigenvalue weighted by Crippen LogP contribution is 2.19. The van der Waals surface area contributed by atoms with Crippen molar-refractivity contribution in [3.63, 3.8) is 0 Å². The molecular formula is C49H53N3O14. The number of carbonyl (C=O) groups excluding carboxylic acids is 7. The van der Waals surface area contributed by atoms with Crippen LogP contribution in [-0.4, -0.2) is 84.0 Å². The second-order valence-corrected chi connectivity index (χ2v) is 15.0.